The Labute approximate surface area is 176 Å². The molecule has 6 rings (SSSR count). The molecule has 1 aromatic carbocycles. The lowest BCUT2D eigenvalue weighted by molar-refractivity contribution is -0.0874. The Morgan fingerprint density at radius 2 is 1.79 bits per heavy atom. The van der Waals surface area contributed by atoms with Crippen LogP contribution in [-0.2, 0) is 5.41 Å². The Kier molecular flexibility index (Phi) is 4.63. The number of benzene rings is 1. The van der Waals surface area contributed by atoms with Crippen molar-refractivity contribution < 1.29 is 0 Å². The molecule has 4 atom stereocenters. The monoisotopic (exact) mass is 396 g/mol. The largest absolute Gasteiger partial charge is 0.376 e. The SMILES string of the molecule is CC12CC3CC(C(=S)N[C@H]4CC[C@H](CN)CC4)(C1)CC(c1ccccc1)(C3)C2. The molecule has 4 unspecified atom stereocenters. The van der Waals surface area contributed by atoms with E-state index in [2.05, 4.69) is 42.6 Å². The fourth-order valence-corrected chi connectivity index (χ4v) is 8.56. The van der Waals surface area contributed by atoms with Crippen LogP contribution in [0.2, 0.25) is 0 Å². The summed E-state index contributed by atoms with van der Waals surface area (Å²) in [4.78, 5) is 1.21. The van der Waals surface area contributed by atoms with E-state index in [1.807, 2.05) is 0 Å². The van der Waals surface area contributed by atoms with Gasteiger partial charge in [-0.05, 0) is 99.0 Å². The zero-order valence-corrected chi connectivity index (χ0v) is 18.2. The van der Waals surface area contributed by atoms with Gasteiger partial charge in [0.25, 0.3) is 0 Å². The summed E-state index contributed by atoms with van der Waals surface area (Å²) in [5, 5.41) is 3.90. The first-order valence-electron chi connectivity index (χ1n) is 11.5. The van der Waals surface area contributed by atoms with Gasteiger partial charge in [-0.2, -0.15) is 0 Å². The fourth-order valence-electron chi connectivity index (χ4n) is 8.17. The second-order valence-electron chi connectivity index (χ2n) is 11.2. The number of thiocarbonyl (C=S) groups is 1. The van der Waals surface area contributed by atoms with Gasteiger partial charge in [-0.15, -0.1) is 0 Å². The molecule has 5 aliphatic rings. The van der Waals surface area contributed by atoms with Crippen molar-refractivity contribution in [2.75, 3.05) is 6.54 Å². The van der Waals surface area contributed by atoms with Crippen molar-refractivity contribution in [3.05, 3.63) is 35.9 Å². The van der Waals surface area contributed by atoms with Crippen molar-refractivity contribution in [2.45, 2.75) is 82.6 Å². The predicted octanol–water partition coefficient (Wildman–Crippen LogP) is 5.35. The van der Waals surface area contributed by atoms with Crippen LogP contribution >= 0.6 is 12.2 Å². The van der Waals surface area contributed by atoms with Gasteiger partial charge in [0, 0.05) is 11.5 Å². The molecule has 5 aliphatic carbocycles. The lowest BCUT2D eigenvalue weighted by Gasteiger charge is -2.66. The molecule has 0 aliphatic heterocycles. The molecule has 3 N–H and O–H groups in total. The summed E-state index contributed by atoms with van der Waals surface area (Å²) >= 11 is 6.20. The normalized spacial score (nSPS) is 44.4. The molecular weight excluding hydrogens is 360 g/mol. The van der Waals surface area contributed by atoms with E-state index in [0.29, 0.717) is 16.9 Å². The van der Waals surface area contributed by atoms with E-state index < -0.39 is 0 Å². The third-order valence-corrected chi connectivity index (χ3v) is 9.28. The van der Waals surface area contributed by atoms with Crippen LogP contribution < -0.4 is 11.1 Å². The summed E-state index contributed by atoms with van der Waals surface area (Å²) in [6, 6.07) is 12.0. The van der Waals surface area contributed by atoms with Crippen LogP contribution in [-0.4, -0.2) is 17.6 Å². The van der Waals surface area contributed by atoms with Crippen LogP contribution in [0.4, 0.5) is 0 Å². The molecule has 28 heavy (non-hydrogen) atoms. The number of nitrogens with one attached hydrogen (secondary N) is 1. The summed E-state index contributed by atoms with van der Waals surface area (Å²) in [6.45, 7) is 3.40. The van der Waals surface area contributed by atoms with Crippen LogP contribution in [0.25, 0.3) is 0 Å². The number of rotatable bonds is 4. The lowest BCUT2D eigenvalue weighted by atomic mass is 9.39. The fraction of sp³-hybridized carbons (Fsp3) is 0.720. The number of nitrogens with two attached hydrogens (primary N) is 1. The first kappa shape index (κ1) is 19.1. The maximum absolute atomic E-state index is 6.20. The maximum Gasteiger partial charge on any atom is 0.0818 e. The molecule has 0 amide bonds. The average Bonchev–Trinajstić information content (AvgIpc) is 2.67. The molecule has 5 fully saturated rings. The van der Waals surface area contributed by atoms with E-state index >= 15 is 0 Å². The molecule has 0 saturated heterocycles. The smallest absolute Gasteiger partial charge is 0.0818 e. The van der Waals surface area contributed by atoms with E-state index in [0.717, 1.165) is 18.4 Å². The zero-order chi connectivity index (χ0) is 19.4. The highest BCUT2D eigenvalue weighted by atomic mass is 32.1. The Morgan fingerprint density at radius 3 is 2.46 bits per heavy atom. The van der Waals surface area contributed by atoms with E-state index in [9.17, 15) is 0 Å². The Bertz CT molecular complexity index is 740. The molecule has 2 nitrogen and oxygen atoms in total. The molecule has 4 bridgehead atoms. The second kappa shape index (κ2) is 6.80. The summed E-state index contributed by atoms with van der Waals surface area (Å²) in [6.07, 6.45) is 13.0. The van der Waals surface area contributed by atoms with Crippen molar-refractivity contribution in [3.8, 4) is 0 Å². The third kappa shape index (κ3) is 3.13. The first-order chi connectivity index (χ1) is 13.4. The first-order valence-corrected chi connectivity index (χ1v) is 11.9. The number of hydrogen-bond donors (Lipinski definition) is 2. The minimum absolute atomic E-state index is 0.226. The van der Waals surface area contributed by atoms with E-state index in [-0.39, 0.29) is 5.41 Å². The highest BCUT2D eigenvalue weighted by Crippen LogP contribution is 2.70. The molecule has 152 valence electrons. The van der Waals surface area contributed by atoms with Crippen LogP contribution in [0.5, 0.6) is 0 Å². The Balaban J connectivity index is 1.39. The van der Waals surface area contributed by atoms with Crippen molar-refractivity contribution in [2.24, 2.45) is 28.4 Å². The highest BCUT2D eigenvalue weighted by molar-refractivity contribution is 7.80. The molecule has 0 radical (unpaired) electrons. The molecule has 0 spiro atoms. The lowest BCUT2D eigenvalue weighted by Crippen LogP contribution is -2.62. The van der Waals surface area contributed by atoms with Crippen molar-refractivity contribution in [3.63, 3.8) is 0 Å². The van der Waals surface area contributed by atoms with E-state index in [1.54, 1.807) is 5.56 Å². The standard InChI is InChI=1S/C25H36N2S/c1-23-11-19-12-24(15-23,20-5-3-2-4-6-20)17-25(13-19,16-23)22(28)27-21-9-7-18(14-26)8-10-21/h2-6,18-19,21H,7-17,26H2,1H3,(H,27,28)/t18-,19?,21-,23?,24?,25?. The van der Waals surface area contributed by atoms with Gasteiger partial charge in [-0.25, -0.2) is 0 Å². The minimum atomic E-state index is 0.226. The predicted molar refractivity (Wildman–Crippen MR) is 120 cm³/mol. The maximum atomic E-state index is 6.20. The molecule has 1 aromatic rings. The van der Waals surface area contributed by atoms with Gasteiger partial charge < -0.3 is 11.1 Å². The van der Waals surface area contributed by atoms with Gasteiger partial charge >= 0.3 is 0 Å². The van der Waals surface area contributed by atoms with Crippen LogP contribution in [0.1, 0.15) is 76.7 Å². The van der Waals surface area contributed by atoms with E-state index in [1.165, 1.54) is 69.2 Å². The van der Waals surface area contributed by atoms with Gasteiger partial charge in [0.1, 0.15) is 0 Å². The van der Waals surface area contributed by atoms with Crippen LogP contribution in [0.3, 0.4) is 0 Å². The Hall–Kier alpha value is -0.930. The summed E-state index contributed by atoms with van der Waals surface area (Å²) in [7, 11) is 0. The van der Waals surface area contributed by atoms with Crippen LogP contribution in [0, 0.1) is 22.7 Å². The highest BCUT2D eigenvalue weighted by Gasteiger charge is 2.63. The van der Waals surface area contributed by atoms with Crippen LogP contribution in [0.15, 0.2) is 30.3 Å². The number of hydrogen-bond acceptors (Lipinski definition) is 2. The summed E-state index contributed by atoms with van der Waals surface area (Å²) in [5.74, 6) is 1.57. The quantitative estimate of drug-likeness (QED) is 0.674. The van der Waals surface area contributed by atoms with Crippen molar-refractivity contribution in [1.29, 1.82) is 0 Å². The molecule has 5 saturated carbocycles. The topological polar surface area (TPSA) is 38.0 Å². The van der Waals surface area contributed by atoms with Gasteiger partial charge in [0.15, 0.2) is 0 Å². The second-order valence-corrected chi connectivity index (χ2v) is 11.6. The van der Waals surface area contributed by atoms with Gasteiger partial charge in [-0.1, -0.05) is 49.5 Å². The van der Waals surface area contributed by atoms with Gasteiger partial charge in [0.05, 0.1) is 4.99 Å². The third-order valence-electron chi connectivity index (χ3n) is 8.73. The average molecular weight is 397 g/mol. The van der Waals surface area contributed by atoms with Gasteiger partial charge in [0.2, 0.25) is 0 Å². The molecular formula is C25H36N2S. The van der Waals surface area contributed by atoms with Crippen molar-refractivity contribution in [1.82, 2.24) is 5.32 Å². The molecule has 0 aromatic heterocycles. The van der Waals surface area contributed by atoms with E-state index in [4.69, 9.17) is 18.0 Å². The molecule has 0 heterocycles. The Morgan fingerprint density at radius 1 is 1.04 bits per heavy atom. The molecule has 3 heteroatoms. The zero-order valence-electron chi connectivity index (χ0n) is 17.4. The summed E-state index contributed by atoms with van der Waals surface area (Å²) in [5.41, 5.74) is 8.49. The van der Waals surface area contributed by atoms with Gasteiger partial charge in [-0.3, -0.25) is 0 Å². The summed E-state index contributed by atoms with van der Waals surface area (Å²) < 4.78 is 0. The van der Waals surface area contributed by atoms with Crippen molar-refractivity contribution >= 4 is 17.2 Å². The minimum Gasteiger partial charge on any atom is -0.376 e.